The molecule has 0 amide bonds. The van der Waals surface area contributed by atoms with Crippen molar-refractivity contribution in [2.24, 2.45) is 0 Å². The van der Waals surface area contributed by atoms with E-state index in [1.165, 1.54) is 6.42 Å². The Kier molecular flexibility index (Phi) is 16.0. The average molecular weight is 403 g/mol. The minimum atomic E-state index is -1.62. The second kappa shape index (κ2) is 12.8. The SMILES string of the molecule is [C-]#[O+].[C-]#[O+].[C-]#[O+].[CH3][Sn]([CH3])([CH3])[CH]1Cc2ccccc21.[Cr+6]. The molecule has 0 aliphatic heterocycles. The Hall–Kier alpha value is -0.229. The summed E-state index contributed by atoms with van der Waals surface area (Å²) in [5.74, 6) is 0. The van der Waals surface area contributed by atoms with Gasteiger partial charge in [0.15, 0.2) is 0 Å². The van der Waals surface area contributed by atoms with E-state index >= 15 is 0 Å². The molecule has 0 bridgehead atoms. The monoisotopic (exact) mass is 404 g/mol. The standard InChI is InChI=1S/C8H7.3CO.3CH3.Cr.Sn/c1-2-4-8-6-5-7(8)3-1;3*1-2;;;;;/h1-5H,6H2;;;;3*1H3;;/q;;;;;;;+6;. The first-order chi connectivity index (χ1) is 8.59. The van der Waals surface area contributed by atoms with Crippen LogP contribution in [-0.2, 0) is 37.7 Å². The molecule has 1 unspecified atom stereocenters. The predicted molar refractivity (Wildman–Crippen MR) is 68.0 cm³/mol. The molecule has 1 atom stereocenters. The summed E-state index contributed by atoms with van der Waals surface area (Å²) < 4.78 is 23.5. The molecular formula is C14H16CrO3Sn+6. The Morgan fingerprint density at radius 2 is 1.37 bits per heavy atom. The van der Waals surface area contributed by atoms with Crippen molar-refractivity contribution in [2.75, 3.05) is 0 Å². The molecule has 1 aromatic rings. The van der Waals surface area contributed by atoms with Crippen LogP contribution in [0.25, 0.3) is 0 Å². The van der Waals surface area contributed by atoms with Crippen LogP contribution in [0.3, 0.4) is 0 Å². The van der Waals surface area contributed by atoms with Gasteiger partial charge in [0.1, 0.15) is 0 Å². The summed E-state index contributed by atoms with van der Waals surface area (Å²) in [5.41, 5.74) is 3.27. The minimum absolute atomic E-state index is 0. The minimum Gasteiger partial charge on any atom is 6.00 e. The quantitative estimate of drug-likeness (QED) is 0.393. The first kappa shape index (κ1) is 23.8. The van der Waals surface area contributed by atoms with Gasteiger partial charge in [-0.05, 0) is 0 Å². The van der Waals surface area contributed by atoms with Crippen LogP contribution >= 0.6 is 0 Å². The summed E-state index contributed by atoms with van der Waals surface area (Å²) in [7, 11) is 0. The van der Waals surface area contributed by atoms with E-state index in [4.69, 9.17) is 14.0 Å². The maximum absolute atomic E-state index is 7.50. The van der Waals surface area contributed by atoms with E-state index in [2.05, 4.69) is 59.0 Å². The van der Waals surface area contributed by atoms with Crippen LogP contribution < -0.4 is 0 Å². The summed E-state index contributed by atoms with van der Waals surface area (Å²) >= 11 is -1.62. The molecule has 0 radical (unpaired) electrons. The Bertz CT molecular complexity index is 404. The smallest absolute Gasteiger partial charge is 6.00 e. The number of hydrogen-bond acceptors (Lipinski definition) is 0. The molecule has 0 aromatic heterocycles. The van der Waals surface area contributed by atoms with Gasteiger partial charge >= 0.3 is 130 Å². The zero-order valence-corrected chi connectivity index (χ0v) is 15.4. The van der Waals surface area contributed by atoms with E-state index in [0.717, 1.165) is 3.93 Å². The maximum Gasteiger partial charge on any atom is 6.00 e. The largest absolute Gasteiger partial charge is 6.00 e. The van der Waals surface area contributed by atoms with E-state index in [0.29, 0.717) is 0 Å². The molecule has 5 heteroatoms. The van der Waals surface area contributed by atoms with Crippen molar-refractivity contribution < 1.29 is 31.3 Å². The van der Waals surface area contributed by atoms with E-state index < -0.39 is 18.4 Å². The first-order valence-corrected chi connectivity index (χ1v) is 15.5. The molecule has 0 N–H and O–H groups in total. The molecule has 0 saturated carbocycles. The fraction of sp³-hybridized carbons (Fsp3) is 0.357. The van der Waals surface area contributed by atoms with Crippen LogP contribution in [0.2, 0.25) is 14.8 Å². The molecule has 1 aromatic carbocycles. The van der Waals surface area contributed by atoms with Gasteiger partial charge in [0, 0.05) is 0 Å². The average Bonchev–Trinajstić information content (AvgIpc) is 2.37. The van der Waals surface area contributed by atoms with Crippen molar-refractivity contribution >= 4 is 18.4 Å². The molecule has 3 nitrogen and oxygen atoms in total. The third-order valence-electron chi connectivity index (χ3n) is 2.90. The Balaban J connectivity index is -0.000000325. The Morgan fingerprint density at radius 1 is 0.947 bits per heavy atom. The topological polar surface area (TPSA) is 59.7 Å². The fourth-order valence-electron chi connectivity index (χ4n) is 2.03. The molecule has 2 rings (SSSR count). The second-order valence-corrected chi connectivity index (χ2v) is 20.3. The molecule has 0 spiro atoms. The van der Waals surface area contributed by atoms with Crippen LogP contribution in [-0.4, -0.2) is 18.4 Å². The summed E-state index contributed by atoms with van der Waals surface area (Å²) in [6.45, 7) is 13.5. The van der Waals surface area contributed by atoms with Gasteiger partial charge in [0.2, 0.25) is 0 Å². The van der Waals surface area contributed by atoms with Crippen molar-refractivity contribution in [2.45, 2.75) is 25.2 Å². The van der Waals surface area contributed by atoms with Gasteiger partial charge in [-0.15, -0.1) is 0 Å². The molecule has 1 aliphatic carbocycles. The normalized spacial score (nSPS) is 13.8. The van der Waals surface area contributed by atoms with Gasteiger partial charge in [-0.25, -0.2) is 0 Å². The van der Waals surface area contributed by atoms with Gasteiger partial charge in [0.25, 0.3) is 0 Å². The third kappa shape index (κ3) is 7.20. The Labute approximate surface area is 129 Å². The molecule has 94 valence electrons. The fourth-order valence-corrected chi connectivity index (χ4v) is 7.87. The number of rotatable bonds is 1. The van der Waals surface area contributed by atoms with Gasteiger partial charge in [-0.1, -0.05) is 0 Å². The van der Waals surface area contributed by atoms with E-state index in [1.807, 2.05) is 0 Å². The zero-order valence-electron chi connectivity index (χ0n) is 11.2. The molecule has 19 heavy (non-hydrogen) atoms. The van der Waals surface area contributed by atoms with Gasteiger partial charge in [0.05, 0.1) is 0 Å². The van der Waals surface area contributed by atoms with E-state index in [1.54, 1.807) is 11.1 Å². The summed E-state index contributed by atoms with van der Waals surface area (Å²) in [5, 5.41) is 0. The zero-order chi connectivity index (χ0) is 14.8. The van der Waals surface area contributed by atoms with E-state index in [-0.39, 0.29) is 17.4 Å². The van der Waals surface area contributed by atoms with E-state index in [9.17, 15) is 0 Å². The molecule has 1 aliphatic rings. The molecular weight excluding hydrogens is 387 g/mol. The van der Waals surface area contributed by atoms with Crippen molar-refractivity contribution in [1.29, 1.82) is 0 Å². The van der Waals surface area contributed by atoms with Crippen molar-refractivity contribution in [3.63, 3.8) is 0 Å². The van der Waals surface area contributed by atoms with Crippen molar-refractivity contribution in [3.8, 4) is 0 Å². The van der Waals surface area contributed by atoms with Gasteiger partial charge in [-0.2, -0.15) is 0 Å². The van der Waals surface area contributed by atoms with Gasteiger partial charge < -0.3 is 0 Å². The molecule has 0 fully saturated rings. The number of benzene rings is 1. The van der Waals surface area contributed by atoms with Gasteiger partial charge in [-0.3, -0.25) is 0 Å². The predicted octanol–water partition coefficient (Wildman–Crippen LogP) is 3.09. The molecule has 0 heterocycles. The number of hydrogen-bond donors (Lipinski definition) is 0. The maximum atomic E-state index is 7.50. The first-order valence-electron chi connectivity index (χ1n) is 5.28. The summed E-state index contributed by atoms with van der Waals surface area (Å²) in [6, 6.07) is 8.95. The van der Waals surface area contributed by atoms with Crippen LogP contribution in [0.4, 0.5) is 0 Å². The van der Waals surface area contributed by atoms with Crippen LogP contribution in [0.5, 0.6) is 0 Å². The molecule has 0 saturated heterocycles. The second-order valence-electron chi connectivity index (χ2n) is 4.82. The third-order valence-corrected chi connectivity index (χ3v) is 10.3. The summed E-state index contributed by atoms with van der Waals surface area (Å²) in [6.07, 6.45) is 1.37. The van der Waals surface area contributed by atoms with Crippen LogP contribution in [0, 0.1) is 20.0 Å². The van der Waals surface area contributed by atoms with Crippen LogP contribution in [0.1, 0.15) is 15.1 Å². The van der Waals surface area contributed by atoms with Crippen LogP contribution in [0.15, 0.2) is 24.3 Å². The number of fused-ring (bicyclic) bond motifs is 1. The summed E-state index contributed by atoms with van der Waals surface area (Å²) in [4.78, 5) is 7.61. The Morgan fingerprint density at radius 3 is 1.74 bits per heavy atom. The van der Waals surface area contributed by atoms with Crippen molar-refractivity contribution in [3.05, 3.63) is 55.3 Å². The van der Waals surface area contributed by atoms with Crippen molar-refractivity contribution in [1.82, 2.24) is 0 Å².